The minimum atomic E-state index is -3.98. The first-order chi connectivity index (χ1) is 12.4. The van der Waals surface area contributed by atoms with Crippen LogP contribution < -0.4 is 10.1 Å². The molecule has 3 rings (SSSR count). The van der Waals surface area contributed by atoms with Crippen LogP contribution in [-0.4, -0.2) is 44.5 Å². The number of allylic oxidation sites excluding steroid dienone is 1. The Morgan fingerprint density at radius 2 is 1.92 bits per heavy atom. The van der Waals surface area contributed by atoms with Gasteiger partial charge in [-0.25, -0.2) is 4.31 Å². The standard InChI is InChI=1S/C18H23N3O4S/c1-21-16(18(22)19-13-8-4-3-5-9-13)12-15(20-26(21,23)24)14-10-6-7-11-17(14)25-2/h6-7,10-13H,3-5,8-9H2,1-2H3,(H,19,22). The molecule has 1 saturated carbocycles. The van der Waals surface area contributed by atoms with Crippen LogP contribution in [0.5, 0.6) is 5.75 Å². The molecule has 0 unspecified atom stereocenters. The molecule has 0 spiro atoms. The van der Waals surface area contributed by atoms with Crippen molar-refractivity contribution < 1.29 is 17.9 Å². The first-order valence-electron chi connectivity index (χ1n) is 8.67. The zero-order valence-corrected chi connectivity index (χ0v) is 15.8. The Hall–Kier alpha value is -2.35. The third-order valence-electron chi connectivity index (χ3n) is 4.73. The van der Waals surface area contributed by atoms with E-state index in [1.54, 1.807) is 24.3 Å². The topological polar surface area (TPSA) is 88.1 Å². The highest BCUT2D eigenvalue weighted by Crippen LogP contribution is 2.25. The third kappa shape index (κ3) is 3.75. The highest BCUT2D eigenvalue weighted by Gasteiger charge is 2.31. The molecule has 1 N–H and O–H groups in total. The minimum Gasteiger partial charge on any atom is -0.496 e. The number of nitrogens with one attached hydrogen (secondary N) is 1. The Labute approximate surface area is 153 Å². The smallest absolute Gasteiger partial charge is 0.345 e. The van der Waals surface area contributed by atoms with Crippen molar-refractivity contribution in [3.05, 3.63) is 41.6 Å². The number of carbonyl (C=O) groups is 1. The molecule has 1 aromatic rings. The number of nitrogens with zero attached hydrogens (tertiary/aromatic N) is 2. The number of amides is 1. The Kier molecular flexibility index (Phi) is 5.31. The maximum atomic E-state index is 12.7. The molecule has 1 heterocycles. The average molecular weight is 377 g/mol. The molecule has 1 aliphatic heterocycles. The summed E-state index contributed by atoms with van der Waals surface area (Å²) >= 11 is 0. The predicted molar refractivity (Wildman–Crippen MR) is 99.3 cm³/mol. The second-order valence-corrected chi connectivity index (χ2v) is 8.09. The van der Waals surface area contributed by atoms with Gasteiger partial charge in [0.05, 0.1) is 12.8 Å². The summed E-state index contributed by atoms with van der Waals surface area (Å²) in [5.74, 6) is 0.0968. The van der Waals surface area contributed by atoms with E-state index in [2.05, 4.69) is 9.71 Å². The zero-order chi connectivity index (χ0) is 18.7. The van der Waals surface area contributed by atoms with Crippen LogP contribution in [0.4, 0.5) is 0 Å². The molecule has 0 atom stereocenters. The Bertz CT molecular complexity index is 855. The lowest BCUT2D eigenvalue weighted by molar-refractivity contribution is -0.119. The van der Waals surface area contributed by atoms with Gasteiger partial charge < -0.3 is 10.1 Å². The van der Waals surface area contributed by atoms with E-state index in [1.807, 2.05) is 0 Å². The molecule has 2 aliphatic rings. The average Bonchev–Trinajstić information content (AvgIpc) is 2.64. The van der Waals surface area contributed by atoms with Crippen molar-refractivity contribution in [3.63, 3.8) is 0 Å². The number of likely N-dealkylation sites (N-methyl/N-ethyl adjacent to an activating group) is 1. The second kappa shape index (κ2) is 7.49. The fourth-order valence-corrected chi connectivity index (χ4v) is 4.16. The number of hydrogen-bond acceptors (Lipinski definition) is 4. The van der Waals surface area contributed by atoms with Crippen molar-refractivity contribution in [1.82, 2.24) is 9.62 Å². The van der Waals surface area contributed by atoms with Gasteiger partial charge in [0, 0.05) is 18.7 Å². The lowest BCUT2D eigenvalue weighted by Gasteiger charge is -2.27. The van der Waals surface area contributed by atoms with E-state index >= 15 is 0 Å². The molecular weight excluding hydrogens is 354 g/mol. The van der Waals surface area contributed by atoms with Gasteiger partial charge in [-0.05, 0) is 31.1 Å². The molecule has 1 aliphatic carbocycles. The summed E-state index contributed by atoms with van der Waals surface area (Å²) in [7, 11) is -1.14. The quantitative estimate of drug-likeness (QED) is 0.869. The maximum Gasteiger partial charge on any atom is 0.345 e. The van der Waals surface area contributed by atoms with E-state index in [4.69, 9.17) is 4.74 Å². The number of benzene rings is 1. The van der Waals surface area contributed by atoms with Crippen molar-refractivity contribution >= 4 is 21.8 Å². The minimum absolute atomic E-state index is 0.0616. The summed E-state index contributed by atoms with van der Waals surface area (Å²) in [6, 6.07) is 7.07. The molecule has 26 heavy (non-hydrogen) atoms. The van der Waals surface area contributed by atoms with Gasteiger partial charge in [-0.3, -0.25) is 4.79 Å². The number of rotatable bonds is 4. The molecule has 1 aromatic carbocycles. The van der Waals surface area contributed by atoms with Crippen LogP contribution in [-0.2, 0) is 15.0 Å². The molecule has 0 aromatic heterocycles. The van der Waals surface area contributed by atoms with Crippen LogP contribution >= 0.6 is 0 Å². The van der Waals surface area contributed by atoms with E-state index in [1.165, 1.54) is 26.7 Å². The van der Waals surface area contributed by atoms with Gasteiger partial charge >= 0.3 is 10.2 Å². The van der Waals surface area contributed by atoms with E-state index in [0.29, 0.717) is 11.3 Å². The van der Waals surface area contributed by atoms with E-state index < -0.39 is 16.1 Å². The molecular formula is C18H23N3O4S. The van der Waals surface area contributed by atoms with Crippen molar-refractivity contribution in [2.24, 2.45) is 4.40 Å². The number of para-hydroxylation sites is 1. The largest absolute Gasteiger partial charge is 0.496 e. The summed E-state index contributed by atoms with van der Waals surface area (Å²) in [5.41, 5.74) is 0.774. The summed E-state index contributed by atoms with van der Waals surface area (Å²) in [4.78, 5) is 12.7. The van der Waals surface area contributed by atoms with Crippen LogP contribution in [0.15, 0.2) is 40.4 Å². The van der Waals surface area contributed by atoms with Gasteiger partial charge in [-0.15, -0.1) is 4.40 Å². The highest BCUT2D eigenvalue weighted by atomic mass is 32.2. The van der Waals surface area contributed by atoms with Crippen molar-refractivity contribution in [1.29, 1.82) is 0 Å². The van der Waals surface area contributed by atoms with E-state index in [9.17, 15) is 13.2 Å². The summed E-state index contributed by atoms with van der Waals surface area (Å²) in [6.45, 7) is 0. The zero-order valence-electron chi connectivity index (χ0n) is 14.9. The van der Waals surface area contributed by atoms with Gasteiger partial charge in [-0.2, -0.15) is 8.42 Å². The van der Waals surface area contributed by atoms with Crippen LogP contribution in [0.3, 0.4) is 0 Å². The van der Waals surface area contributed by atoms with Gasteiger partial charge in [0.2, 0.25) is 0 Å². The van der Waals surface area contributed by atoms with Crippen molar-refractivity contribution in [2.45, 2.75) is 38.1 Å². The van der Waals surface area contributed by atoms with Gasteiger partial charge in [0.1, 0.15) is 11.4 Å². The lowest BCUT2D eigenvalue weighted by Crippen LogP contribution is -2.43. The number of hydrogen-bond donors (Lipinski definition) is 1. The number of ether oxygens (including phenoxy) is 1. The number of carbonyl (C=O) groups excluding carboxylic acids is 1. The monoisotopic (exact) mass is 377 g/mol. The molecule has 0 radical (unpaired) electrons. The van der Waals surface area contributed by atoms with Crippen molar-refractivity contribution in [3.8, 4) is 5.75 Å². The van der Waals surface area contributed by atoms with Crippen LogP contribution in [0.1, 0.15) is 37.7 Å². The Morgan fingerprint density at radius 1 is 1.23 bits per heavy atom. The first-order valence-corrected chi connectivity index (χ1v) is 10.1. The first kappa shape index (κ1) is 18.4. The Balaban J connectivity index is 1.94. The summed E-state index contributed by atoms with van der Waals surface area (Å²) < 4.78 is 34.9. The highest BCUT2D eigenvalue weighted by molar-refractivity contribution is 7.88. The fourth-order valence-electron chi connectivity index (χ4n) is 3.25. The molecule has 8 heteroatoms. The number of methoxy groups -OCH3 is 1. The van der Waals surface area contributed by atoms with Crippen LogP contribution in [0.2, 0.25) is 0 Å². The van der Waals surface area contributed by atoms with E-state index in [0.717, 1.165) is 30.0 Å². The molecule has 0 saturated heterocycles. The maximum absolute atomic E-state index is 12.7. The van der Waals surface area contributed by atoms with E-state index in [-0.39, 0.29) is 17.5 Å². The molecule has 0 bridgehead atoms. The Morgan fingerprint density at radius 3 is 2.62 bits per heavy atom. The molecule has 1 fully saturated rings. The van der Waals surface area contributed by atoms with Gasteiger partial charge in [-0.1, -0.05) is 31.4 Å². The molecule has 1 amide bonds. The SMILES string of the molecule is COc1ccccc1C1=NS(=O)(=O)N(C)C(C(=O)NC2CCCCC2)=C1. The van der Waals surface area contributed by atoms with Gasteiger partial charge in [0.25, 0.3) is 5.91 Å². The van der Waals surface area contributed by atoms with Crippen LogP contribution in [0.25, 0.3) is 0 Å². The summed E-state index contributed by atoms with van der Waals surface area (Å²) in [6.07, 6.45) is 6.66. The van der Waals surface area contributed by atoms with Gasteiger partial charge in [0.15, 0.2) is 0 Å². The predicted octanol–water partition coefficient (Wildman–Crippen LogP) is 2.01. The molecule has 140 valence electrons. The van der Waals surface area contributed by atoms with Crippen LogP contribution in [0, 0.1) is 0 Å². The summed E-state index contributed by atoms with van der Waals surface area (Å²) in [5, 5.41) is 2.96. The normalized spacial score (nSPS) is 20.2. The van der Waals surface area contributed by atoms with Crippen molar-refractivity contribution in [2.75, 3.05) is 14.2 Å². The second-order valence-electron chi connectivity index (χ2n) is 6.46. The molecule has 7 nitrogen and oxygen atoms in total. The fraction of sp³-hybridized carbons (Fsp3) is 0.444. The lowest BCUT2D eigenvalue weighted by atomic mass is 9.95. The third-order valence-corrected chi connectivity index (χ3v) is 6.04.